The van der Waals surface area contributed by atoms with Gasteiger partial charge in [0.15, 0.2) is 6.10 Å². The predicted molar refractivity (Wildman–Crippen MR) is 99.3 cm³/mol. The van der Waals surface area contributed by atoms with Crippen LogP contribution in [0.4, 0.5) is 11.4 Å². The van der Waals surface area contributed by atoms with E-state index in [0.717, 1.165) is 11.2 Å². The number of anilines is 2. The van der Waals surface area contributed by atoms with Crippen LogP contribution in [0.15, 0.2) is 48.9 Å². The van der Waals surface area contributed by atoms with E-state index in [1.54, 1.807) is 41.3 Å². The average molecular weight is 362 g/mol. The van der Waals surface area contributed by atoms with Gasteiger partial charge in [0.05, 0.1) is 30.0 Å². The molecule has 1 saturated heterocycles. The van der Waals surface area contributed by atoms with Crippen LogP contribution < -0.4 is 10.2 Å². The second-order valence-corrected chi connectivity index (χ2v) is 6.41. The SMILES string of the molecule is C[C@@H]1CN(c2ccc(C#N)n3nccc23)C[C@H](C(=O)Nc2ccncc2)O1. The van der Waals surface area contributed by atoms with Crippen LogP contribution in [0.1, 0.15) is 12.6 Å². The lowest BCUT2D eigenvalue weighted by atomic mass is 10.1. The Bertz CT molecular complexity index is 1010. The predicted octanol–water partition coefficient (Wildman–Crippen LogP) is 1.83. The molecule has 0 aromatic carbocycles. The van der Waals surface area contributed by atoms with Crippen molar-refractivity contribution in [3.05, 3.63) is 54.6 Å². The number of morpholine rings is 1. The van der Waals surface area contributed by atoms with E-state index in [2.05, 4.69) is 26.4 Å². The molecule has 0 aliphatic carbocycles. The fourth-order valence-electron chi connectivity index (χ4n) is 3.31. The Morgan fingerprint density at radius 1 is 1.22 bits per heavy atom. The number of carbonyl (C=O) groups excluding carboxylic acids is 1. The summed E-state index contributed by atoms with van der Waals surface area (Å²) in [4.78, 5) is 18.7. The zero-order chi connectivity index (χ0) is 18.8. The maximum Gasteiger partial charge on any atom is 0.255 e. The van der Waals surface area contributed by atoms with E-state index in [1.807, 2.05) is 19.1 Å². The number of fused-ring (bicyclic) bond motifs is 1. The zero-order valence-electron chi connectivity index (χ0n) is 14.7. The normalized spacial score (nSPS) is 19.6. The first-order valence-corrected chi connectivity index (χ1v) is 8.64. The maximum absolute atomic E-state index is 12.7. The highest BCUT2D eigenvalue weighted by Crippen LogP contribution is 2.26. The molecule has 4 heterocycles. The fraction of sp³-hybridized carbons (Fsp3) is 0.263. The Morgan fingerprint density at radius 2 is 2.04 bits per heavy atom. The number of hydrogen-bond acceptors (Lipinski definition) is 6. The molecule has 8 heteroatoms. The number of rotatable bonds is 3. The first-order valence-electron chi connectivity index (χ1n) is 8.64. The van der Waals surface area contributed by atoms with Crippen molar-refractivity contribution >= 4 is 22.8 Å². The molecule has 1 N–H and O–H groups in total. The summed E-state index contributed by atoms with van der Waals surface area (Å²) in [6.07, 6.45) is 4.18. The third-order valence-corrected chi connectivity index (χ3v) is 4.49. The quantitative estimate of drug-likeness (QED) is 0.764. The molecule has 1 amide bonds. The maximum atomic E-state index is 12.7. The lowest BCUT2D eigenvalue weighted by Crippen LogP contribution is -2.51. The Labute approximate surface area is 156 Å². The second-order valence-electron chi connectivity index (χ2n) is 6.41. The van der Waals surface area contributed by atoms with E-state index >= 15 is 0 Å². The molecule has 1 fully saturated rings. The largest absolute Gasteiger partial charge is 0.364 e. The van der Waals surface area contributed by atoms with Gasteiger partial charge in [-0.1, -0.05) is 0 Å². The van der Waals surface area contributed by atoms with Gasteiger partial charge in [0.1, 0.15) is 11.8 Å². The summed E-state index contributed by atoms with van der Waals surface area (Å²) >= 11 is 0. The number of aromatic nitrogens is 3. The number of amides is 1. The summed E-state index contributed by atoms with van der Waals surface area (Å²) in [5.41, 5.74) is 2.90. The molecule has 1 aliphatic heterocycles. The van der Waals surface area contributed by atoms with Gasteiger partial charge in [-0.25, -0.2) is 4.52 Å². The molecule has 2 atom stereocenters. The van der Waals surface area contributed by atoms with E-state index in [4.69, 9.17) is 4.74 Å². The molecule has 1 aliphatic rings. The Morgan fingerprint density at radius 3 is 2.81 bits per heavy atom. The van der Waals surface area contributed by atoms with Crippen molar-refractivity contribution in [1.82, 2.24) is 14.6 Å². The lowest BCUT2D eigenvalue weighted by Gasteiger charge is -2.37. The molecule has 0 bridgehead atoms. The first kappa shape index (κ1) is 17.0. The van der Waals surface area contributed by atoms with Crippen molar-refractivity contribution in [2.45, 2.75) is 19.1 Å². The molecule has 0 radical (unpaired) electrons. The van der Waals surface area contributed by atoms with E-state index in [9.17, 15) is 10.1 Å². The monoisotopic (exact) mass is 362 g/mol. The first-order chi connectivity index (χ1) is 13.2. The van der Waals surface area contributed by atoms with Gasteiger partial charge in [0, 0.05) is 24.6 Å². The van der Waals surface area contributed by atoms with Crippen LogP contribution in [0.2, 0.25) is 0 Å². The molecule has 0 unspecified atom stereocenters. The smallest absolute Gasteiger partial charge is 0.255 e. The number of ether oxygens (including phenoxy) is 1. The van der Waals surface area contributed by atoms with E-state index in [1.165, 1.54) is 0 Å². The highest BCUT2D eigenvalue weighted by atomic mass is 16.5. The number of nitrogens with zero attached hydrogens (tertiary/aromatic N) is 5. The number of hydrogen-bond donors (Lipinski definition) is 1. The van der Waals surface area contributed by atoms with E-state index in [-0.39, 0.29) is 12.0 Å². The molecule has 8 nitrogen and oxygen atoms in total. The third-order valence-electron chi connectivity index (χ3n) is 4.49. The Kier molecular flexibility index (Phi) is 4.44. The number of nitriles is 1. The van der Waals surface area contributed by atoms with Gasteiger partial charge in [-0.05, 0) is 37.3 Å². The van der Waals surface area contributed by atoms with E-state index < -0.39 is 6.10 Å². The van der Waals surface area contributed by atoms with E-state index in [0.29, 0.717) is 24.5 Å². The number of nitrogens with one attached hydrogen (secondary N) is 1. The molecular formula is C19H18N6O2. The van der Waals surface area contributed by atoms with Crippen LogP contribution in [0.3, 0.4) is 0 Å². The Balaban J connectivity index is 1.59. The van der Waals surface area contributed by atoms with Crippen LogP contribution in [0, 0.1) is 11.3 Å². The molecule has 3 aromatic rings. The molecule has 4 rings (SSSR count). The summed E-state index contributed by atoms with van der Waals surface area (Å²) < 4.78 is 7.48. The van der Waals surface area contributed by atoms with Gasteiger partial charge in [-0.3, -0.25) is 9.78 Å². The number of carbonyl (C=O) groups is 1. The second kappa shape index (κ2) is 7.05. The Hall–Kier alpha value is -3.44. The summed E-state index contributed by atoms with van der Waals surface area (Å²) in [6, 6.07) is 11.1. The molecule has 27 heavy (non-hydrogen) atoms. The highest BCUT2D eigenvalue weighted by Gasteiger charge is 2.31. The van der Waals surface area contributed by atoms with Gasteiger partial charge in [-0.2, -0.15) is 10.4 Å². The highest BCUT2D eigenvalue weighted by molar-refractivity contribution is 5.94. The molecule has 0 spiro atoms. The van der Waals surface area contributed by atoms with Crippen molar-refractivity contribution in [2.24, 2.45) is 0 Å². The average Bonchev–Trinajstić information content (AvgIpc) is 3.17. The summed E-state index contributed by atoms with van der Waals surface area (Å²) in [5.74, 6) is -0.198. The summed E-state index contributed by atoms with van der Waals surface area (Å²) in [6.45, 7) is 3.00. The fourth-order valence-corrected chi connectivity index (χ4v) is 3.31. The van der Waals surface area contributed by atoms with Gasteiger partial charge < -0.3 is 15.0 Å². The minimum Gasteiger partial charge on any atom is -0.364 e. The van der Waals surface area contributed by atoms with Crippen LogP contribution in [-0.4, -0.2) is 45.8 Å². The minimum absolute atomic E-state index is 0.120. The van der Waals surface area contributed by atoms with Crippen molar-refractivity contribution < 1.29 is 9.53 Å². The van der Waals surface area contributed by atoms with Crippen LogP contribution >= 0.6 is 0 Å². The topological polar surface area (TPSA) is 95.5 Å². The van der Waals surface area contributed by atoms with Gasteiger partial charge in [-0.15, -0.1) is 0 Å². The van der Waals surface area contributed by atoms with Gasteiger partial charge >= 0.3 is 0 Å². The lowest BCUT2D eigenvalue weighted by molar-refractivity contribution is -0.131. The van der Waals surface area contributed by atoms with Crippen molar-refractivity contribution in [1.29, 1.82) is 5.26 Å². The van der Waals surface area contributed by atoms with Crippen molar-refractivity contribution in [2.75, 3.05) is 23.3 Å². The van der Waals surface area contributed by atoms with Crippen molar-refractivity contribution in [3.63, 3.8) is 0 Å². The molecule has 136 valence electrons. The molecule has 3 aromatic heterocycles. The van der Waals surface area contributed by atoms with Gasteiger partial charge in [0.2, 0.25) is 0 Å². The van der Waals surface area contributed by atoms with Crippen LogP contribution in [-0.2, 0) is 9.53 Å². The van der Waals surface area contributed by atoms with Crippen LogP contribution in [0.25, 0.3) is 5.52 Å². The van der Waals surface area contributed by atoms with Gasteiger partial charge in [0.25, 0.3) is 5.91 Å². The standard InChI is InChI=1S/C19H18N6O2/c1-13-11-24(16-3-2-15(10-20)25-17(16)6-9-22-25)12-18(27-13)19(26)23-14-4-7-21-8-5-14/h2-9,13,18H,11-12H2,1H3,(H,21,23,26)/t13-,18-/m1/s1. The number of pyridine rings is 2. The van der Waals surface area contributed by atoms with Crippen LogP contribution in [0.5, 0.6) is 0 Å². The molecule has 0 saturated carbocycles. The molecular weight excluding hydrogens is 344 g/mol. The third kappa shape index (κ3) is 3.32. The zero-order valence-corrected chi connectivity index (χ0v) is 14.7. The van der Waals surface area contributed by atoms with Crippen molar-refractivity contribution in [3.8, 4) is 6.07 Å². The summed E-state index contributed by atoms with van der Waals surface area (Å²) in [7, 11) is 0. The summed E-state index contributed by atoms with van der Waals surface area (Å²) in [5, 5.41) is 16.3. The minimum atomic E-state index is -0.611.